The van der Waals surface area contributed by atoms with Gasteiger partial charge < -0.3 is 19.3 Å². The summed E-state index contributed by atoms with van der Waals surface area (Å²) < 4.78 is 11.8. The number of anilines is 1. The summed E-state index contributed by atoms with van der Waals surface area (Å²) >= 11 is 0. The molecule has 5 nitrogen and oxygen atoms in total. The lowest BCUT2D eigenvalue weighted by molar-refractivity contribution is -0.151. The summed E-state index contributed by atoms with van der Waals surface area (Å²) in [4.78, 5) is 17.4. The zero-order valence-electron chi connectivity index (χ0n) is 16.2. The second-order valence-corrected chi connectivity index (χ2v) is 7.57. The molecular formula is C22H26N2O3. The third kappa shape index (κ3) is 3.22. The van der Waals surface area contributed by atoms with Crippen molar-refractivity contribution in [2.45, 2.75) is 26.4 Å². The summed E-state index contributed by atoms with van der Waals surface area (Å²) in [6.45, 7) is 9.38. The van der Waals surface area contributed by atoms with E-state index in [0.717, 1.165) is 13.1 Å². The fourth-order valence-electron chi connectivity index (χ4n) is 3.81. The molecule has 0 bridgehead atoms. The van der Waals surface area contributed by atoms with Crippen molar-refractivity contribution in [2.75, 3.05) is 37.7 Å². The molecule has 2 heterocycles. The Bertz CT molecular complexity index is 858. The molecule has 0 spiro atoms. The van der Waals surface area contributed by atoms with Crippen LogP contribution in [0.4, 0.5) is 5.69 Å². The van der Waals surface area contributed by atoms with Crippen LogP contribution in [0.3, 0.4) is 0 Å². The minimum Gasteiger partial charge on any atom is -0.485 e. The Balaban J connectivity index is 1.44. The van der Waals surface area contributed by atoms with Crippen molar-refractivity contribution in [1.82, 2.24) is 4.90 Å². The number of fused-ring (bicyclic) bond motifs is 1. The number of carbonyl (C=O) groups excluding carboxylic acids is 1. The van der Waals surface area contributed by atoms with Crippen molar-refractivity contribution in [3.8, 4) is 11.5 Å². The van der Waals surface area contributed by atoms with E-state index in [1.807, 2.05) is 36.1 Å². The van der Waals surface area contributed by atoms with Gasteiger partial charge in [0.2, 0.25) is 5.60 Å². The van der Waals surface area contributed by atoms with Crippen molar-refractivity contribution >= 4 is 11.6 Å². The van der Waals surface area contributed by atoms with E-state index in [2.05, 4.69) is 36.9 Å². The molecule has 0 saturated carbocycles. The monoisotopic (exact) mass is 366 g/mol. The third-order valence-electron chi connectivity index (χ3n) is 5.62. The molecule has 2 aromatic carbocycles. The second-order valence-electron chi connectivity index (χ2n) is 7.57. The first-order valence-electron chi connectivity index (χ1n) is 9.49. The molecule has 1 saturated heterocycles. The van der Waals surface area contributed by atoms with E-state index in [9.17, 15) is 4.79 Å². The van der Waals surface area contributed by atoms with E-state index < -0.39 is 5.60 Å². The van der Waals surface area contributed by atoms with Crippen LogP contribution in [0.1, 0.15) is 18.1 Å². The van der Waals surface area contributed by atoms with Gasteiger partial charge in [-0.15, -0.1) is 0 Å². The van der Waals surface area contributed by atoms with E-state index >= 15 is 0 Å². The SMILES string of the molecule is Cc1cccc(N2CCN(C(=O)C3(C)COc4ccccc4O3)CC2)c1C. The van der Waals surface area contributed by atoms with Gasteiger partial charge in [0, 0.05) is 31.9 Å². The molecule has 0 aromatic heterocycles. The van der Waals surface area contributed by atoms with Crippen LogP contribution in [-0.2, 0) is 4.79 Å². The number of ether oxygens (including phenoxy) is 2. The molecule has 4 rings (SSSR count). The fraction of sp³-hybridized carbons (Fsp3) is 0.409. The molecule has 1 fully saturated rings. The Kier molecular flexibility index (Phi) is 4.46. The third-order valence-corrected chi connectivity index (χ3v) is 5.62. The van der Waals surface area contributed by atoms with Crippen molar-refractivity contribution in [3.63, 3.8) is 0 Å². The molecule has 1 atom stereocenters. The standard InChI is InChI=1S/C22H26N2O3/c1-16-7-6-8-18(17(16)2)23-11-13-24(14-12-23)21(25)22(3)15-26-19-9-4-5-10-20(19)27-22/h4-10H,11-15H2,1-3H3. The quantitative estimate of drug-likeness (QED) is 0.819. The summed E-state index contributed by atoms with van der Waals surface area (Å²) in [6.07, 6.45) is 0. The van der Waals surface area contributed by atoms with Gasteiger partial charge in [0.1, 0.15) is 6.61 Å². The highest BCUT2D eigenvalue weighted by molar-refractivity contribution is 5.86. The highest BCUT2D eigenvalue weighted by Gasteiger charge is 2.43. The van der Waals surface area contributed by atoms with Gasteiger partial charge in [-0.3, -0.25) is 4.79 Å². The van der Waals surface area contributed by atoms with Gasteiger partial charge in [-0.25, -0.2) is 0 Å². The first kappa shape index (κ1) is 17.7. The molecular weight excluding hydrogens is 340 g/mol. The van der Waals surface area contributed by atoms with Gasteiger partial charge in [0.25, 0.3) is 5.91 Å². The van der Waals surface area contributed by atoms with Crippen LogP contribution in [-0.4, -0.2) is 49.2 Å². The predicted octanol–water partition coefficient (Wildman–Crippen LogP) is 3.18. The zero-order chi connectivity index (χ0) is 19.0. The molecule has 1 amide bonds. The molecule has 142 valence electrons. The van der Waals surface area contributed by atoms with Crippen molar-refractivity contribution in [1.29, 1.82) is 0 Å². The Morgan fingerprint density at radius 1 is 0.963 bits per heavy atom. The normalized spacial score (nSPS) is 21.9. The lowest BCUT2D eigenvalue weighted by Crippen LogP contribution is -2.59. The maximum Gasteiger partial charge on any atom is 0.270 e. The zero-order valence-corrected chi connectivity index (χ0v) is 16.2. The minimum atomic E-state index is -0.976. The molecule has 0 radical (unpaired) electrons. The minimum absolute atomic E-state index is 0.00221. The van der Waals surface area contributed by atoms with E-state index in [-0.39, 0.29) is 12.5 Å². The molecule has 1 unspecified atom stereocenters. The van der Waals surface area contributed by atoms with Gasteiger partial charge in [0.15, 0.2) is 11.5 Å². The Labute approximate surface area is 160 Å². The van der Waals surface area contributed by atoms with Gasteiger partial charge in [-0.2, -0.15) is 0 Å². The summed E-state index contributed by atoms with van der Waals surface area (Å²) in [5.41, 5.74) is 2.89. The van der Waals surface area contributed by atoms with Crippen molar-refractivity contribution in [3.05, 3.63) is 53.6 Å². The number of hydrogen-bond acceptors (Lipinski definition) is 4. The number of piperazine rings is 1. The number of carbonyl (C=O) groups is 1. The van der Waals surface area contributed by atoms with Crippen LogP contribution in [0, 0.1) is 13.8 Å². The Morgan fingerprint density at radius 2 is 1.67 bits per heavy atom. The molecule has 27 heavy (non-hydrogen) atoms. The van der Waals surface area contributed by atoms with Crippen LogP contribution in [0.2, 0.25) is 0 Å². The highest BCUT2D eigenvalue weighted by Crippen LogP contribution is 2.35. The van der Waals surface area contributed by atoms with Crippen LogP contribution >= 0.6 is 0 Å². The summed E-state index contributed by atoms with van der Waals surface area (Å²) in [6, 6.07) is 13.9. The lowest BCUT2D eigenvalue weighted by Gasteiger charge is -2.42. The number of rotatable bonds is 2. The number of hydrogen-bond donors (Lipinski definition) is 0. The van der Waals surface area contributed by atoms with Gasteiger partial charge >= 0.3 is 0 Å². The smallest absolute Gasteiger partial charge is 0.270 e. The van der Waals surface area contributed by atoms with E-state index in [1.54, 1.807) is 0 Å². The van der Waals surface area contributed by atoms with E-state index in [0.29, 0.717) is 24.6 Å². The summed E-state index contributed by atoms with van der Waals surface area (Å²) in [5, 5.41) is 0. The molecule has 2 aromatic rings. The van der Waals surface area contributed by atoms with Crippen LogP contribution in [0.5, 0.6) is 11.5 Å². The van der Waals surface area contributed by atoms with Gasteiger partial charge in [-0.1, -0.05) is 24.3 Å². The highest BCUT2D eigenvalue weighted by atomic mass is 16.6. The first-order chi connectivity index (χ1) is 13.0. The largest absolute Gasteiger partial charge is 0.485 e. The number of para-hydroxylation sites is 2. The molecule has 0 N–H and O–H groups in total. The average Bonchev–Trinajstić information content (AvgIpc) is 2.69. The predicted molar refractivity (Wildman–Crippen MR) is 106 cm³/mol. The number of nitrogens with zero attached hydrogens (tertiary/aromatic N) is 2. The van der Waals surface area contributed by atoms with E-state index in [4.69, 9.17) is 9.47 Å². The van der Waals surface area contributed by atoms with E-state index in [1.165, 1.54) is 16.8 Å². The lowest BCUT2D eigenvalue weighted by atomic mass is 10.0. The Hall–Kier alpha value is -2.69. The number of aryl methyl sites for hydroxylation is 1. The fourth-order valence-corrected chi connectivity index (χ4v) is 3.81. The average molecular weight is 366 g/mol. The van der Waals surface area contributed by atoms with Crippen molar-refractivity contribution < 1.29 is 14.3 Å². The number of amides is 1. The van der Waals surface area contributed by atoms with Gasteiger partial charge in [-0.05, 0) is 50.1 Å². The first-order valence-corrected chi connectivity index (χ1v) is 9.49. The summed E-state index contributed by atoms with van der Waals surface area (Å²) in [7, 11) is 0. The Morgan fingerprint density at radius 3 is 2.41 bits per heavy atom. The molecule has 2 aliphatic heterocycles. The molecule has 0 aliphatic carbocycles. The van der Waals surface area contributed by atoms with Crippen LogP contribution in [0.15, 0.2) is 42.5 Å². The summed E-state index contributed by atoms with van der Waals surface area (Å²) in [5.74, 6) is 1.33. The topological polar surface area (TPSA) is 42.0 Å². The number of benzene rings is 2. The maximum atomic E-state index is 13.2. The molecule has 2 aliphatic rings. The van der Waals surface area contributed by atoms with Crippen molar-refractivity contribution in [2.24, 2.45) is 0 Å². The molecule has 5 heteroatoms. The maximum absolute atomic E-state index is 13.2. The van der Waals surface area contributed by atoms with Gasteiger partial charge in [0.05, 0.1) is 0 Å². The second kappa shape index (κ2) is 6.80. The van der Waals surface area contributed by atoms with Crippen LogP contribution in [0.25, 0.3) is 0 Å². The van der Waals surface area contributed by atoms with Crippen LogP contribution < -0.4 is 14.4 Å².